The second kappa shape index (κ2) is 5.35. The molecule has 0 atom stereocenters. The van der Waals surface area contributed by atoms with Gasteiger partial charge in [0.15, 0.2) is 0 Å². The molecule has 0 aromatic carbocycles. The molecule has 1 amide bonds. The minimum atomic E-state index is -1.17. The number of nitrogens with one attached hydrogen (secondary N) is 1. The number of amides is 1. The number of carbonyl (C=O) groups is 1. The van der Waals surface area contributed by atoms with Crippen LogP contribution in [0.1, 0.15) is 31.2 Å². The Morgan fingerprint density at radius 1 is 1.56 bits per heavy atom. The lowest BCUT2D eigenvalue weighted by molar-refractivity contribution is -0.139. The number of aliphatic hydroxyl groups is 1. The molecule has 0 saturated heterocycles. The summed E-state index contributed by atoms with van der Waals surface area (Å²) in [6.45, 7) is 0.375. The molecule has 2 N–H and O–H groups in total. The van der Waals surface area contributed by atoms with Crippen LogP contribution in [0.25, 0.3) is 0 Å². The van der Waals surface area contributed by atoms with Gasteiger partial charge in [-0.25, -0.2) is 4.98 Å². The molecule has 5 heteroatoms. The van der Waals surface area contributed by atoms with Crippen molar-refractivity contribution in [2.24, 2.45) is 0 Å². The molecule has 0 aliphatic heterocycles. The van der Waals surface area contributed by atoms with Crippen LogP contribution in [0.3, 0.4) is 0 Å². The molecule has 2 rings (SSSR count). The molecule has 0 spiro atoms. The zero-order valence-electron chi connectivity index (χ0n) is 10.5. The van der Waals surface area contributed by atoms with E-state index in [9.17, 15) is 9.90 Å². The van der Waals surface area contributed by atoms with Crippen LogP contribution in [0, 0.1) is 0 Å². The third-order valence-electron chi connectivity index (χ3n) is 3.31. The first-order valence-electron chi connectivity index (χ1n) is 6.14. The summed E-state index contributed by atoms with van der Waals surface area (Å²) in [5.74, 6) is 0.233. The van der Waals surface area contributed by atoms with E-state index in [0.29, 0.717) is 25.3 Å². The van der Waals surface area contributed by atoms with Gasteiger partial charge in [-0.15, -0.1) is 0 Å². The molecule has 1 aromatic heterocycles. The first kappa shape index (κ1) is 12.8. The summed E-state index contributed by atoms with van der Waals surface area (Å²) in [6.07, 6.45) is 4.56. The van der Waals surface area contributed by atoms with Crippen molar-refractivity contribution in [1.29, 1.82) is 0 Å². The first-order valence-corrected chi connectivity index (χ1v) is 6.14. The summed E-state index contributed by atoms with van der Waals surface area (Å²) in [5.41, 5.74) is -0.270. The van der Waals surface area contributed by atoms with Gasteiger partial charge in [-0.1, -0.05) is 0 Å². The average molecular weight is 250 g/mol. The summed E-state index contributed by atoms with van der Waals surface area (Å²) in [7, 11) is 1.55. The zero-order chi connectivity index (χ0) is 13.0. The number of hydrogen-bond acceptors (Lipinski definition) is 4. The molecule has 1 saturated carbocycles. The van der Waals surface area contributed by atoms with Gasteiger partial charge in [-0.3, -0.25) is 4.79 Å². The maximum atomic E-state index is 11.9. The number of hydrogen-bond donors (Lipinski definition) is 2. The number of rotatable bonds is 4. The Balaban J connectivity index is 1.92. The molecular weight excluding hydrogens is 232 g/mol. The van der Waals surface area contributed by atoms with Crippen molar-refractivity contribution in [2.45, 2.75) is 37.8 Å². The second-order valence-corrected chi connectivity index (χ2v) is 4.63. The summed E-state index contributed by atoms with van der Waals surface area (Å²) in [6, 6.07) is 3.57. The van der Waals surface area contributed by atoms with Crippen LogP contribution >= 0.6 is 0 Å². The molecule has 0 unspecified atom stereocenters. The van der Waals surface area contributed by atoms with E-state index in [-0.39, 0.29) is 5.91 Å². The maximum Gasteiger partial charge on any atom is 0.252 e. The van der Waals surface area contributed by atoms with Gasteiger partial charge in [0.25, 0.3) is 5.91 Å². The standard InChI is InChI=1S/C13H18N2O3/c1-18-11-8-10(4-7-14-11)9-15-12(16)13(17)5-2-3-6-13/h4,7-8,17H,2-3,5-6,9H2,1H3,(H,15,16). The van der Waals surface area contributed by atoms with Gasteiger partial charge in [0, 0.05) is 18.8 Å². The Morgan fingerprint density at radius 2 is 2.28 bits per heavy atom. The van der Waals surface area contributed by atoms with Gasteiger partial charge < -0.3 is 15.2 Å². The normalized spacial score (nSPS) is 17.4. The summed E-state index contributed by atoms with van der Waals surface area (Å²) in [5, 5.41) is 12.8. The molecular formula is C13H18N2O3. The van der Waals surface area contributed by atoms with Crippen LogP contribution in [0.5, 0.6) is 5.88 Å². The highest BCUT2D eigenvalue weighted by Gasteiger charge is 2.38. The Kier molecular flexibility index (Phi) is 3.81. The van der Waals surface area contributed by atoms with E-state index in [1.54, 1.807) is 19.4 Å². The van der Waals surface area contributed by atoms with E-state index in [0.717, 1.165) is 18.4 Å². The Labute approximate surface area is 106 Å². The molecule has 1 aliphatic rings. The van der Waals surface area contributed by atoms with Crippen molar-refractivity contribution < 1.29 is 14.6 Å². The van der Waals surface area contributed by atoms with E-state index in [2.05, 4.69) is 10.3 Å². The van der Waals surface area contributed by atoms with Crippen molar-refractivity contribution in [3.63, 3.8) is 0 Å². The van der Waals surface area contributed by atoms with Crippen LogP contribution in [-0.2, 0) is 11.3 Å². The van der Waals surface area contributed by atoms with Crippen molar-refractivity contribution in [3.05, 3.63) is 23.9 Å². The molecule has 1 aliphatic carbocycles. The van der Waals surface area contributed by atoms with Crippen molar-refractivity contribution in [2.75, 3.05) is 7.11 Å². The maximum absolute atomic E-state index is 11.9. The second-order valence-electron chi connectivity index (χ2n) is 4.63. The van der Waals surface area contributed by atoms with Crippen LogP contribution in [-0.4, -0.2) is 28.7 Å². The number of pyridine rings is 1. The number of aromatic nitrogens is 1. The highest BCUT2D eigenvalue weighted by Crippen LogP contribution is 2.29. The minimum absolute atomic E-state index is 0.282. The predicted molar refractivity (Wildman–Crippen MR) is 66.1 cm³/mol. The first-order chi connectivity index (χ1) is 8.64. The number of ether oxygens (including phenoxy) is 1. The van der Waals surface area contributed by atoms with Gasteiger partial charge >= 0.3 is 0 Å². The van der Waals surface area contributed by atoms with Crippen LogP contribution < -0.4 is 10.1 Å². The fourth-order valence-electron chi connectivity index (χ4n) is 2.21. The van der Waals surface area contributed by atoms with Gasteiger partial charge in [-0.2, -0.15) is 0 Å². The Morgan fingerprint density at radius 3 is 2.94 bits per heavy atom. The van der Waals surface area contributed by atoms with E-state index < -0.39 is 5.60 Å². The van der Waals surface area contributed by atoms with Crippen LogP contribution in [0.15, 0.2) is 18.3 Å². The third-order valence-corrected chi connectivity index (χ3v) is 3.31. The topological polar surface area (TPSA) is 71.5 Å². The summed E-state index contributed by atoms with van der Waals surface area (Å²) >= 11 is 0. The molecule has 0 radical (unpaired) electrons. The van der Waals surface area contributed by atoms with Gasteiger partial charge in [-0.05, 0) is 37.3 Å². The molecule has 1 fully saturated rings. The fraction of sp³-hybridized carbons (Fsp3) is 0.538. The van der Waals surface area contributed by atoms with E-state index >= 15 is 0 Å². The summed E-state index contributed by atoms with van der Waals surface area (Å²) < 4.78 is 5.01. The number of methoxy groups -OCH3 is 1. The lowest BCUT2D eigenvalue weighted by Gasteiger charge is -2.20. The molecule has 1 heterocycles. The SMILES string of the molecule is COc1cc(CNC(=O)C2(O)CCCC2)ccn1. The predicted octanol–water partition coefficient (Wildman–Crippen LogP) is 1.01. The third kappa shape index (κ3) is 2.79. The minimum Gasteiger partial charge on any atom is -0.481 e. The molecule has 1 aromatic rings. The number of nitrogens with zero attached hydrogens (tertiary/aromatic N) is 1. The van der Waals surface area contributed by atoms with Crippen molar-refractivity contribution in [1.82, 2.24) is 10.3 Å². The molecule has 18 heavy (non-hydrogen) atoms. The Hall–Kier alpha value is -1.62. The monoisotopic (exact) mass is 250 g/mol. The van der Waals surface area contributed by atoms with Gasteiger partial charge in [0.1, 0.15) is 5.60 Å². The van der Waals surface area contributed by atoms with Gasteiger partial charge in [0.05, 0.1) is 7.11 Å². The van der Waals surface area contributed by atoms with E-state index in [1.807, 2.05) is 6.07 Å². The van der Waals surface area contributed by atoms with Crippen molar-refractivity contribution >= 4 is 5.91 Å². The lowest BCUT2D eigenvalue weighted by atomic mass is 10.0. The molecule has 0 bridgehead atoms. The molecule has 98 valence electrons. The van der Waals surface area contributed by atoms with Crippen LogP contribution in [0.4, 0.5) is 0 Å². The highest BCUT2D eigenvalue weighted by molar-refractivity contribution is 5.85. The van der Waals surface area contributed by atoms with Crippen molar-refractivity contribution in [3.8, 4) is 5.88 Å². The fourth-order valence-corrected chi connectivity index (χ4v) is 2.21. The van der Waals surface area contributed by atoms with Gasteiger partial charge in [0.2, 0.25) is 5.88 Å². The van der Waals surface area contributed by atoms with E-state index in [4.69, 9.17) is 4.74 Å². The number of carbonyl (C=O) groups excluding carboxylic acids is 1. The average Bonchev–Trinajstić information content (AvgIpc) is 2.84. The van der Waals surface area contributed by atoms with Crippen LogP contribution in [0.2, 0.25) is 0 Å². The van der Waals surface area contributed by atoms with E-state index in [1.165, 1.54) is 0 Å². The Bertz CT molecular complexity index is 428. The largest absolute Gasteiger partial charge is 0.481 e. The lowest BCUT2D eigenvalue weighted by Crippen LogP contribution is -2.44. The highest BCUT2D eigenvalue weighted by atomic mass is 16.5. The zero-order valence-corrected chi connectivity index (χ0v) is 10.5. The smallest absolute Gasteiger partial charge is 0.252 e. The summed E-state index contributed by atoms with van der Waals surface area (Å²) in [4.78, 5) is 15.9. The molecule has 5 nitrogen and oxygen atoms in total. The quantitative estimate of drug-likeness (QED) is 0.836.